The summed E-state index contributed by atoms with van der Waals surface area (Å²) in [6.07, 6.45) is 1.45. The number of carbonyl (C=O) groups excluding carboxylic acids is 1. The molecule has 1 amide bonds. The van der Waals surface area contributed by atoms with E-state index < -0.39 is 11.7 Å². The molecular formula is C24H19FN2O3. The van der Waals surface area contributed by atoms with E-state index >= 15 is 0 Å². The fourth-order valence-corrected chi connectivity index (χ4v) is 2.68. The number of amides is 1. The Morgan fingerprint density at radius 2 is 1.80 bits per heavy atom. The Bertz CT molecular complexity index is 1090. The van der Waals surface area contributed by atoms with Gasteiger partial charge in [0.2, 0.25) is 0 Å². The number of anilines is 1. The molecule has 0 radical (unpaired) electrons. The number of methoxy groups -OCH3 is 1. The summed E-state index contributed by atoms with van der Waals surface area (Å²) in [5.41, 5.74) is 1.89. The van der Waals surface area contributed by atoms with Gasteiger partial charge in [0.15, 0.2) is 11.5 Å². The molecule has 0 saturated carbocycles. The third-order valence-corrected chi connectivity index (χ3v) is 4.20. The van der Waals surface area contributed by atoms with Crippen molar-refractivity contribution in [2.75, 3.05) is 12.4 Å². The van der Waals surface area contributed by atoms with Crippen LogP contribution < -0.4 is 14.8 Å². The van der Waals surface area contributed by atoms with Crippen LogP contribution >= 0.6 is 0 Å². The van der Waals surface area contributed by atoms with Crippen molar-refractivity contribution in [1.82, 2.24) is 0 Å². The molecule has 5 nitrogen and oxygen atoms in total. The van der Waals surface area contributed by atoms with Gasteiger partial charge >= 0.3 is 0 Å². The molecule has 0 saturated heterocycles. The van der Waals surface area contributed by atoms with Gasteiger partial charge in [-0.15, -0.1) is 0 Å². The van der Waals surface area contributed by atoms with E-state index in [1.807, 2.05) is 36.4 Å². The summed E-state index contributed by atoms with van der Waals surface area (Å²) in [5.74, 6) is 0.0284. The molecule has 0 bridgehead atoms. The van der Waals surface area contributed by atoms with Crippen LogP contribution in [0.15, 0.2) is 78.4 Å². The van der Waals surface area contributed by atoms with E-state index in [9.17, 15) is 14.4 Å². The van der Waals surface area contributed by atoms with Crippen LogP contribution in [-0.4, -0.2) is 13.0 Å². The van der Waals surface area contributed by atoms with E-state index in [-0.39, 0.29) is 5.57 Å². The Morgan fingerprint density at radius 1 is 1.07 bits per heavy atom. The van der Waals surface area contributed by atoms with Gasteiger partial charge < -0.3 is 14.8 Å². The minimum absolute atomic E-state index is 0.0986. The van der Waals surface area contributed by atoms with Crippen molar-refractivity contribution in [3.05, 3.63) is 95.3 Å². The second-order valence-electron chi connectivity index (χ2n) is 6.32. The predicted octanol–water partition coefficient (Wildman–Crippen LogP) is 4.96. The van der Waals surface area contributed by atoms with E-state index in [4.69, 9.17) is 9.47 Å². The summed E-state index contributed by atoms with van der Waals surface area (Å²) in [6.45, 7) is 0.348. The second kappa shape index (κ2) is 9.89. The van der Waals surface area contributed by atoms with E-state index in [1.54, 1.807) is 18.2 Å². The van der Waals surface area contributed by atoms with E-state index in [1.165, 1.54) is 37.5 Å². The van der Waals surface area contributed by atoms with Gasteiger partial charge in [0.05, 0.1) is 7.11 Å². The third-order valence-electron chi connectivity index (χ3n) is 4.20. The fraction of sp³-hybridized carbons (Fsp3) is 0.0833. The van der Waals surface area contributed by atoms with Gasteiger partial charge in [-0.05, 0) is 53.6 Å². The average Bonchev–Trinajstić information content (AvgIpc) is 2.78. The maximum atomic E-state index is 13.0. The largest absolute Gasteiger partial charge is 0.493 e. The lowest BCUT2D eigenvalue weighted by Crippen LogP contribution is -2.13. The van der Waals surface area contributed by atoms with Crippen LogP contribution in [0.1, 0.15) is 11.1 Å². The highest BCUT2D eigenvalue weighted by Crippen LogP contribution is 2.30. The first-order valence-electron chi connectivity index (χ1n) is 9.12. The molecule has 3 aromatic rings. The first-order chi connectivity index (χ1) is 14.6. The number of nitrogens with one attached hydrogen (secondary N) is 1. The smallest absolute Gasteiger partial charge is 0.266 e. The van der Waals surface area contributed by atoms with Crippen LogP contribution in [0.4, 0.5) is 10.1 Å². The summed E-state index contributed by atoms with van der Waals surface area (Å²) < 4.78 is 24.2. The van der Waals surface area contributed by atoms with E-state index in [0.29, 0.717) is 29.4 Å². The quantitative estimate of drug-likeness (QED) is 0.448. The van der Waals surface area contributed by atoms with Crippen molar-refractivity contribution >= 4 is 17.7 Å². The van der Waals surface area contributed by atoms with Crippen LogP contribution in [0.25, 0.3) is 6.08 Å². The molecule has 0 fully saturated rings. The van der Waals surface area contributed by atoms with E-state index in [2.05, 4.69) is 5.32 Å². The molecule has 0 heterocycles. The van der Waals surface area contributed by atoms with Crippen LogP contribution in [0.3, 0.4) is 0 Å². The SMILES string of the molecule is COc1ccc(/C=C(\C#N)C(=O)Nc2ccc(F)cc2)cc1OCc1ccccc1. The van der Waals surface area contributed by atoms with Crippen LogP contribution in [0.2, 0.25) is 0 Å². The zero-order valence-electron chi connectivity index (χ0n) is 16.3. The van der Waals surface area contributed by atoms with Gasteiger partial charge in [-0.25, -0.2) is 4.39 Å². The normalized spacial score (nSPS) is 10.8. The number of halogens is 1. The maximum Gasteiger partial charge on any atom is 0.266 e. The van der Waals surface area contributed by atoms with Crippen molar-refractivity contribution in [3.63, 3.8) is 0 Å². The molecule has 30 heavy (non-hydrogen) atoms. The highest BCUT2D eigenvalue weighted by atomic mass is 19.1. The molecular weight excluding hydrogens is 383 g/mol. The number of nitrogens with zero attached hydrogens (tertiary/aromatic N) is 1. The summed E-state index contributed by atoms with van der Waals surface area (Å²) in [6, 6.07) is 22.0. The first-order valence-corrected chi connectivity index (χ1v) is 9.12. The van der Waals surface area contributed by atoms with Crippen molar-refractivity contribution in [2.45, 2.75) is 6.61 Å². The first kappa shape index (κ1) is 20.6. The fourth-order valence-electron chi connectivity index (χ4n) is 2.68. The zero-order valence-corrected chi connectivity index (χ0v) is 16.3. The minimum Gasteiger partial charge on any atom is -0.493 e. The molecule has 0 aliphatic rings. The number of carbonyl (C=O) groups is 1. The van der Waals surface area contributed by atoms with Crippen LogP contribution in [0.5, 0.6) is 11.5 Å². The molecule has 0 atom stereocenters. The monoisotopic (exact) mass is 402 g/mol. The molecule has 0 aliphatic carbocycles. The van der Waals surface area contributed by atoms with Gasteiger partial charge in [0, 0.05) is 5.69 Å². The number of benzene rings is 3. The Morgan fingerprint density at radius 3 is 2.47 bits per heavy atom. The number of rotatable bonds is 7. The van der Waals surface area contributed by atoms with Crippen molar-refractivity contribution in [1.29, 1.82) is 5.26 Å². The third kappa shape index (κ3) is 5.46. The molecule has 0 aliphatic heterocycles. The van der Waals surface area contributed by atoms with Crippen LogP contribution in [0, 0.1) is 17.1 Å². The van der Waals surface area contributed by atoms with Gasteiger partial charge in [0.1, 0.15) is 24.1 Å². The molecule has 0 spiro atoms. The van der Waals surface area contributed by atoms with Crippen molar-refractivity contribution in [3.8, 4) is 17.6 Å². The van der Waals surface area contributed by atoms with E-state index in [0.717, 1.165) is 5.56 Å². The molecule has 3 aromatic carbocycles. The summed E-state index contributed by atoms with van der Waals surface area (Å²) in [4.78, 5) is 12.4. The topological polar surface area (TPSA) is 71.3 Å². The highest BCUT2D eigenvalue weighted by molar-refractivity contribution is 6.09. The lowest BCUT2D eigenvalue weighted by atomic mass is 10.1. The second-order valence-corrected chi connectivity index (χ2v) is 6.32. The molecule has 6 heteroatoms. The Labute approximate surface area is 174 Å². The lowest BCUT2D eigenvalue weighted by molar-refractivity contribution is -0.112. The lowest BCUT2D eigenvalue weighted by Gasteiger charge is -2.12. The van der Waals surface area contributed by atoms with Gasteiger partial charge in [-0.1, -0.05) is 36.4 Å². The summed E-state index contributed by atoms with van der Waals surface area (Å²) >= 11 is 0. The highest BCUT2D eigenvalue weighted by Gasteiger charge is 2.11. The Kier molecular flexibility index (Phi) is 6.80. The number of hydrogen-bond acceptors (Lipinski definition) is 4. The summed E-state index contributed by atoms with van der Waals surface area (Å²) in [7, 11) is 1.54. The summed E-state index contributed by atoms with van der Waals surface area (Å²) in [5, 5.41) is 12.0. The molecule has 150 valence electrons. The van der Waals surface area contributed by atoms with Crippen molar-refractivity contribution in [2.24, 2.45) is 0 Å². The molecule has 0 aromatic heterocycles. The average molecular weight is 402 g/mol. The minimum atomic E-state index is -0.591. The molecule has 3 rings (SSSR count). The van der Waals surface area contributed by atoms with Gasteiger partial charge in [-0.2, -0.15) is 5.26 Å². The molecule has 0 unspecified atom stereocenters. The maximum absolute atomic E-state index is 13.0. The Hall–Kier alpha value is -4.11. The number of hydrogen-bond donors (Lipinski definition) is 1. The molecule has 1 N–H and O–H groups in total. The Balaban J connectivity index is 1.78. The van der Waals surface area contributed by atoms with Crippen LogP contribution in [-0.2, 0) is 11.4 Å². The van der Waals surface area contributed by atoms with Gasteiger partial charge in [0.25, 0.3) is 5.91 Å². The van der Waals surface area contributed by atoms with Crippen molar-refractivity contribution < 1.29 is 18.7 Å². The predicted molar refractivity (Wildman–Crippen MR) is 112 cm³/mol. The standard InChI is InChI=1S/C24H19FN2O3/c1-29-22-12-7-18(14-23(22)30-16-17-5-3-2-4-6-17)13-19(15-26)24(28)27-21-10-8-20(25)9-11-21/h2-14H,16H2,1H3,(H,27,28)/b19-13+. The zero-order chi connectivity index (χ0) is 21.3. The number of ether oxygens (including phenoxy) is 2. The van der Waals surface area contributed by atoms with Gasteiger partial charge in [-0.3, -0.25) is 4.79 Å². The number of nitriles is 1.